The Kier molecular flexibility index (Phi) is 8.57. The molecule has 0 aromatic carbocycles. The van der Waals surface area contributed by atoms with Gasteiger partial charge in [0.25, 0.3) is 0 Å². The number of anilines is 1. The van der Waals surface area contributed by atoms with Crippen LogP contribution in [0.1, 0.15) is 42.5 Å². The van der Waals surface area contributed by atoms with Crippen molar-refractivity contribution in [2.75, 3.05) is 38.6 Å². The number of aliphatic imine (C=N–C) groups is 1. The van der Waals surface area contributed by atoms with Gasteiger partial charge >= 0.3 is 0 Å². The molecule has 1 aromatic heterocycles. The average Bonchev–Trinajstić information content (AvgIpc) is 2.74. The molecule has 0 saturated carbocycles. The van der Waals surface area contributed by atoms with Crippen molar-refractivity contribution >= 4 is 30.2 Å². The van der Waals surface area contributed by atoms with Crippen molar-refractivity contribution in [2.45, 2.75) is 45.6 Å². The molecule has 1 atom stereocenters. The van der Waals surface area contributed by atoms with E-state index in [1.807, 2.05) is 0 Å². The van der Waals surface area contributed by atoms with Crippen molar-refractivity contribution in [3.05, 3.63) is 16.8 Å². The lowest BCUT2D eigenvalue weighted by Gasteiger charge is -2.38. The van der Waals surface area contributed by atoms with E-state index in [1.165, 1.54) is 18.6 Å². The van der Waals surface area contributed by atoms with Crippen LogP contribution in [0.4, 0.5) is 5.82 Å². The monoisotopic (exact) mass is 398 g/mol. The first-order valence-corrected chi connectivity index (χ1v) is 10.2. The molecule has 1 unspecified atom stereocenters. The highest BCUT2D eigenvalue weighted by Crippen LogP contribution is 2.26. The zero-order valence-corrected chi connectivity index (χ0v) is 18.1. The molecule has 29 heavy (non-hydrogen) atoms. The third kappa shape index (κ3) is 5.53. The normalized spacial score (nSPS) is 16.7. The summed E-state index contributed by atoms with van der Waals surface area (Å²) in [7, 11) is 3.86. The van der Waals surface area contributed by atoms with Gasteiger partial charge in [0.05, 0.1) is 5.71 Å². The molecule has 1 saturated heterocycles. The Bertz CT molecular complexity index is 749. The summed E-state index contributed by atoms with van der Waals surface area (Å²) >= 11 is 0. The molecule has 2 rings (SSSR count). The molecular formula is C21H34N8. The van der Waals surface area contributed by atoms with Crippen LogP contribution >= 0.6 is 0 Å². The Morgan fingerprint density at radius 2 is 1.86 bits per heavy atom. The fraction of sp³-hybridized carbons (Fsp3) is 0.619. The summed E-state index contributed by atoms with van der Waals surface area (Å²) in [5, 5.41) is 31.1. The van der Waals surface area contributed by atoms with Crippen molar-refractivity contribution in [3.63, 3.8) is 0 Å². The van der Waals surface area contributed by atoms with Crippen LogP contribution in [0.2, 0.25) is 0 Å². The molecule has 158 valence electrons. The highest BCUT2D eigenvalue weighted by atomic mass is 15.3. The molecule has 2 heterocycles. The van der Waals surface area contributed by atoms with E-state index in [0.717, 1.165) is 60.8 Å². The lowest BCUT2D eigenvalue weighted by molar-refractivity contribution is 0.196. The summed E-state index contributed by atoms with van der Waals surface area (Å²) in [5.74, 6) is 1.06. The lowest BCUT2D eigenvalue weighted by atomic mass is 9.99. The molecule has 3 N–H and O–H groups in total. The van der Waals surface area contributed by atoms with Gasteiger partial charge in [-0.15, -0.1) is 10.2 Å². The maximum absolute atomic E-state index is 7.55. The van der Waals surface area contributed by atoms with Crippen LogP contribution < -0.4 is 4.90 Å². The molecule has 1 aliphatic heterocycles. The van der Waals surface area contributed by atoms with Crippen molar-refractivity contribution in [1.29, 1.82) is 16.2 Å². The Labute approximate surface area is 174 Å². The van der Waals surface area contributed by atoms with Crippen LogP contribution in [0.25, 0.3) is 0 Å². The topological polar surface area (TPSA) is 116 Å². The molecular weight excluding hydrogens is 364 g/mol. The molecule has 0 aliphatic carbocycles. The minimum Gasteiger partial charge on any atom is -0.355 e. The molecule has 1 aromatic rings. The van der Waals surface area contributed by atoms with Crippen molar-refractivity contribution in [2.24, 2.45) is 10.9 Å². The number of nitrogens with zero attached hydrogens (tertiary/aromatic N) is 5. The summed E-state index contributed by atoms with van der Waals surface area (Å²) in [6, 6.07) is 0.486. The summed E-state index contributed by atoms with van der Waals surface area (Å²) < 4.78 is 0. The van der Waals surface area contributed by atoms with E-state index < -0.39 is 0 Å². The molecule has 0 spiro atoms. The molecule has 8 nitrogen and oxygen atoms in total. The number of hydrogen-bond donors (Lipinski definition) is 3. The first-order valence-electron chi connectivity index (χ1n) is 10.2. The van der Waals surface area contributed by atoms with Gasteiger partial charge in [0.1, 0.15) is 5.69 Å². The summed E-state index contributed by atoms with van der Waals surface area (Å²) in [5.41, 5.74) is 3.79. The van der Waals surface area contributed by atoms with E-state index in [9.17, 15) is 0 Å². The van der Waals surface area contributed by atoms with Crippen LogP contribution in [0.3, 0.4) is 0 Å². The van der Waals surface area contributed by atoms with E-state index in [2.05, 4.69) is 45.9 Å². The number of nitrogens with one attached hydrogen (secondary N) is 3. The molecule has 1 aliphatic rings. The van der Waals surface area contributed by atoms with Crippen molar-refractivity contribution in [1.82, 2.24) is 15.1 Å². The fourth-order valence-electron chi connectivity index (χ4n) is 3.94. The maximum Gasteiger partial charge on any atom is 0.154 e. The summed E-state index contributed by atoms with van der Waals surface area (Å²) in [6.07, 6.45) is 7.40. The van der Waals surface area contributed by atoms with Crippen LogP contribution in [-0.2, 0) is 0 Å². The van der Waals surface area contributed by atoms with Gasteiger partial charge in [0, 0.05) is 51.3 Å². The van der Waals surface area contributed by atoms with Crippen molar-refractivity contribution < 1.29 is 0 Å². The second kappa shape index (κ2) is 10.9. The fourth-order valence-corrected chi connectivity index (χ4v) is 3.94. The molecule has 0 amide bonds. The van der Waals surface area contributed by atoms with Gasteiger partial charge in [0.15, 0.2) is 5.82 Å². The maximum atomic E-state index is 7.55. The largest absolute Gasteiger partial charge is 0.355 e. The standard InChI is InChI=1S/C21H34N8/c1-15-16(2)21(27-26-20(15)19(25-3)6-10-23)29-11-7-18(8-12-29)28(4)14-17(13-24)5-9-22/h9-10,13,17-18,22-24H,5-8,11-12,14H2,1-4H3. The van der Waals surface area contributed by atoms with E-state index in [4.69, 9.17) is 16.2 Å². The predicted octanol–water partition coefficient (Wildman–Crippen LogP) is 2.76. The van der Waals surface area contributed by atoms with Gasteiger partial charge in [-0.3, -0.25) is 4.99 Å². The minimum atomic E-state index is 0.120. The Morgan fingerprint density at radius 3 is 2.41 bits per heavy atom. The predicted molar refractivity (Wildman–Crippen MR) is 121 cm³/mol. The van der Waals surface area contributed by atoms with Gasteiger partial charge < -0.3 is 26.0 Å². The van der Waals surface area contributed by atoms with Crippen LogP contribution in [0.15, 0.2) is 4.99 Å². The lowest BCUT2D eigenvalue weighted by Crippen LogP contribution is -2.45. The summed E-state index contributed by atoms with van der Waals surface area (Å²) in [4.78, 5) is 8.93. The van der Waals surface area contributed by atoms with E-state index >= 15 is 0 Å². The minimum absolute atomic E-state index is 0.120. The third-order valence-electron chi connectivity index (χ3n) is 5.90. The SMILES string of the molecule is CN=C(CC=N)c1nnc(N2CCC(N(C)CC(C=N)CC=N)CC2)c(C)c1C. The van der Waals surface area contributed by atoms with Gasteiger partial charge in [0.2, 0.25) is 0 Å². The number of hydrogen-bond acceptors (Lipinski definition) is 8. The number of aromatic nitrogens is 2. The van der Waals surface area contributed by atoms with E-state index in [1.54, 1.807) is 7.05 Å². The van der Waals surface area contributed by atoms with Crippen LogP contribution in [0.5, 0.6) is 0 Å². The molecule has 1 fully saturated rings. The Hall–Kier alpha value is -2.48. The Morgan fingerprint density at radius 1 is 1.17 bits per heavy atom. The molecule has 0 bridgehead atoms. The second-order valence-electron chi connectivity index (χ2n) is 7.73. The quantitative estimate of drug-likeness (QED) is 0.525. The van der Waals surface area contributed by atoms with Gasteiger partial charge in [-0.1, -0.05) is 0 Å². The number of rotatable bonds is 10. The highest BCUT2D eigenvalue weighted by molar-refractivity contribution is 6.06. The van der Waals surface area contributed by atoms with Gasteiger partial charge in [-0.2, -0.15) is 0 Å². The van der Waals surface area contributed by atoms with Crippen LogP contribution in [0, 0.1) is 36.0 Å². The second-order valence-corrected chi connectivity index (χ2v) is 7.73. The van der Waals surface area contributed by atoms with E-state index in [-0.39, 0.29) is 5.92 Å². The average molecular weight is 399 g/mol. The van der Waals surface area contributed by atoms with Crippen LogP contribution in [-0.4, -0.2) is 79.2 Å². The first kappa shape index (κ1) is 22.8. The number of piperidine rings is 1. The smallest absolute Gasteiger partial charge is 0.154 e. The van der Waals surface area contributed by atoms with Gasteiger partial charge in [-0.05, 0) is 63.7 Å². The zero-order chi connectivity index (χ0) is 21.4. The zero-order valence-electron chi connectivity index (χ0n) is 18.1. The van der Waals surface area contributed by atoms with Gasteiger partial charge in [-0.25, -0.2) is 0 Å². The molecule has 0 radical (unpaired) electrons. The third-order valence-corrected chi connectivity index (χ3v) is 5.90. The Balaban J connectivity index is 2.05. The first-order chi connectivity index (χ1) is 14.0. The highest BCUT2D eigenvalue weighted by Gasteiger charge is 2.26. The van der Waals surface area contributed by atoms with E-state index in [0.29, 0.717) is 18.9 Å². The summed E-state index contributed by atoms with van der Waals surface area (Å²) in [6.45, 7) is 6.82. The van der Waals surface area contributed by atoms with Crippen molar-refractivity contribution in [3.8, 4) is 0 Å². The molecule has 8 heteroatoms.